The van der Waals surface area contributed by atoms with Crippen LogP contribution in [0.1, 0.15) is 24.0 Å². The van der Waals surface area contributed by atoms with Gasteiger partial charge in [-0.05, 0) is 55.5 Å². The Hall–Kier alpha value is -3.19. The van der Waals surface area contributed by atoms with E-state index < -0.39 is 0 Å². The van der Waals surface area contributed by atoms with Crippen LogP contribution < -0.4 is 15.8 Å². The minimum Gasteiger partial charge on any atom is -0.422 e. The molecule has 0 bridgehead atoms. The van der Waals surface area contributed by atoms with Gasteiger partial charge in [0.1, 0.15) is 5.58 Å². The van der Waals surface area contributed by atoms with Crippen molar-refractivity contribution in [2.75, 3.05) is 23.3 Å². The van der Waals surface area contributed by atoms with Gasteiger partial charge in [-0.3, -0.25) is 0 Å². The highest BCUT2D eigenvalue weighted by Gasteiger charge is 2.27. The molecule has 2 aliphatic heterocycles. The van der Waals surface area contributed by atoms with E-state index in [-0.39, 0.29) is 5.63 Å². The highest BCUT2D eigenvalue weighted by Crippen LogP contribution is 2.40. The molecule has 30 heavy (non-hydrogen) atoms. The van der Waals surface area contributed by atoms with Gasteiger partial charge in [-0.25, -0.2) is 4.79 Å². The fourth-order valence-electron chi connectivity index (χ4n) is 4.62. The van der Waals surface area contributed by atoms with Crippen LogP contribution >= 0.6 is 11.3 Å². The number of nitrogens with zero attached hydrogens (tertiary/aromatic N) is 3. The molecule has 0 fully saturated rings. The zero-order valence-corrected chi connectivity index (χ0v) is 17.2. The number of aryl methyl sites for hydroxylation is 2. The predicted molar refractivity (Wildman–Crippen MR) is 120 cm³/mol. The number of fused-ring (bicyclic) bond motifs is 2. The molecule has 6 rings (SSSR count). The third-order valence-corrected chi connectivity index (χ3v) is 6.77. The number of anilines is 3. The van der Waals surface area contributed by atoms with Crippen LogP contribution in [0, 0.1) is 0 Å². The van der Waals surface area contributed by atoms with E-state index in [0.29, 0.717) is 15.7 Å². The molecule has 2 aromatic carbocycles. The van der Waals surface area contributed by atoms with Crippen molar-refractivity contribution in [1.82, 2.24) is 10.2 Å². The van der Waals surface area contributed by atoms with Crippen LogP contribution in [0.3, 0.4) is 0 Å². The number of para-hydroxylation sites is 1. The summed E-state index contributed by atoms with van der Waals surface area (Å²) in [7, 11) is 0. The third kappa shape index (κ3) is 2.89. The van der Waals surface area contributed by atoms with Gasteiger partial charge in [-0.1, -0.05) is 29.5 Å². The van der Waals surface area contributed by atoms with E-state index in [2.05, 4.69) is 26.5 Å². The van der Waals surface area contributed by atoms with Crippen LogP contribution in [0.15, 0.2) is 51.7 Å². The molecule has 0 unspecified atom stereocenters. The number of hydrogen-bond acceptors (Lipinski definition) is 7. The normalized spacial score (nSPS) is 15.3. The van der Waals surface area contributed by atoms with E-state index in [1.54, 1.807) is 0 Å². The first-order valence-corrected chi connectivity index (χ1v) is 11.1. The molecular weight excluding hydrogens is 396 g/mol. The zero-order valence-electron chi connectivity index (χ0n) is 16.4. The Bertz CT molecular complexity index is 1310. The molecular formula is C23H20N4O2S. The Kier molecular flexibility index (Phi) is 4.09. The second kappa shape index (κ2) is 6.95. The van der Waals surface area contributed by atoms with Gasteiger partial charge in [0.15, 0.2) is 5.01 Å². The summed E-state index contributed by atoms with van der Waals surface area (Å²) in [5.74, 6) is 0. The number of benzene rings is 2. The number of rotatable bonds is 3. The quantitative estimate of drug-likeness (QED) is 0.486. The lowest BCUT2D eigenvalue weighted by molar-refractivity contribution is 0.551. The maximum absolute atomic E-state index is 12.9. The maximum Gasteiger partial charge on any atom is 0.346 e. The Morgan fingerprint density at radius 2 is 1.87 bits per heavy atom. The van der Waals surface area contributed by atoms with Gasteiger partial charge in [0.05, 0.1) is 5.56 Å². The largest absolute Gasteiger partial charge is 0.422 e. The zero-order chi connectivity index (χ0) is 20.1. The molecule has 0 spiro atoms. The lowest BCUT2D eigenvalue weighted by Gasteiger charge is -2.37. The van der Waals surface area contributed by atoms with E-state index in [4.69, 9.17) is 4.42 Å². The van der Waals surface area contributed by atoms with E-state index >= 15 is 0 Å². The van der Waals surface area contributed by atoms with Crippen LogP contribution in [-0.4, -0.2) is 23.3 Å². The van der Waals surface area contributed by atoms with Gasteiger partial charge in [-0.2, -0.15) is 0 Å². The average molecular weight is 417 g/mol. The molecule has 0 saturated carbocycles. The first-order chi connectivity index (χ1) is 14.8. The molecule has 0 radical (unpaired) electrons. The summed E-state index contributed by atoms with van der Waals surface area (Å²) in [5.41, 5.74) is 5.65. The van der Waals surface area contributed by atoms with Crippen LogP contribution in [0.2, 0.25) is 0 Å². The topological polar surface area (TPSA) is 71.3 Å². The van der Waals surface area contributed by atoms with Gasteiger partial charge in [0, 0.05) is 35.4 Å². The van der Waals surface area contributed by atoms with Crippen molar-refractivity contribution in [2.45, 2.75) is 25.7 Å². The molecule has 0 saturated heterocycles. The highest BCUT2D eigenvalue weighted by molar-refractivity contribution is 7.18. The van der Waals surface area contributed by atoms with E-state index in [0.717, 1.165) is 49.0 Å². The van der Waals surface area contributed by atoms with Gasteiger partial charge < -0.3 is 14.6 Å². The standard InChI is InChI=1S/C23H20N4O2S/c28-22-18(21-25-26-23(30-21)24-16-7-2-1-3-8-16)13-15-12-14-6-4-10-27-11-5-9-17(19(14)27)20(15)29-22/h1-3,7-8,12-13H,4-6,9-11H2,(H,24,26). The van der Waals surface area contributed by atoms with Crippen LogP contribution in [0.25, 0.3) is 21.5 Å². The molecule has 7 heteroatoms. The predicted octanol–water partition coefficient (Wildman–Crippen LogP) is 4.75. The molecule has 0 aliphatic carbocycles. The molecule has 0 atom stereocenters. The summed E-state index contributed by atoms with van der Waals surface area (Å²) >= 11 is 1.35. The minimum atomic E-state index is -0.353. The minimum absolute atomic E-state index is 0.353. The van der Waals surface area contributed by atoms with E-state index in [1.807, 2.05) is 36.4 Å². The van der Waals surface area contributed by atoms with Gasteiger partial charge >= 0.3 is 5.63 Å². The van der Waals surface area contributed by atoms with Crippen LogP contribution in [-0.2, 0) is 12.8 Å². The summed E-state index contributed by atoms with van der Waals surface area (Å²) < 4.78 is 5.88. The van der Waals surface area contributed by atoms with Crippen LogP contribution in [0.5, 0.6) is 0 Å². The molecule has 2 aliphatic rings. The van der Waals surface area contributed by atoms with Crippen LogP contribution in [0.4, 0.5) is 16.5 Å². The molecule has 4 aromatic rings. The maximum atomic E-state index is 12.9. The first-order valence-electron chi connectivity index (χ1n) is 10.3. The number of hydrogen-bond donors (Lipinski definition) is 1. The lowest BCUT2D eigenvalue weighted by Crippen LogP contribution is -2.34. The lowest BCUT2D eigenvalue weighted by atomic mass is 9.90. The fraction of sp³-hybridized carbons (Fsp3) is 0.261. The molecule has 1 N–H and O–H groups in total. The SMILES string of the molecule is O=c1oc2c3c4c(cc2cc1-c1nnc(Nc2ccccc2)s1)CCCN4CCC3. The van der Waals surface area contributed by atoms with Crippen molar-refractivity contribution < 1.29 is 4.42 Å². The van der Waals surface area contributed by atoms with Crippen molar-refractivity contribution in [3.63, 3.8) is 0 Å². The monoisotopic (exact) mass is 416 g/mol. The van der Waals surface area contributed by atoms with Crippen molar-refractivity contribution in [2.24, 2.45) is 0 Å². The summed E-state index contributed by atoms with van der Waals surface area (Å²) in [6.07, 6.45) is 4.31. The summed E-state index contributed by atoms with van der Waals surface area (Å²) in [4.78, 5) is 15.3. The van der Waals surface area contributed by atoms with Gasteiger partial charge in [0.2, 0.25) is 5.13 Å². The summed E-state index contributed by atoms with van der Waals surface area (Å²) in [6, 6.07) is 13.9. The van der Waals surface area contributed by atoms with Gasteiger partial charge in [-0.15, -0.1) is 10.2 Å². The second-order valence-electron chi connectivity index (χ2n) is 7.83. The average Bonchev–Trinajstić information content (AvgIpc) is 3.23. The first kappa shape index (κ1) is 17.7. The third-order valence-electron chi connectivity index (χ3n) is 5.90. The van der Waals surface area contributed by atoms with Crippen molar-refractivity contribution in [3.8, 4) is 10.6 Å². The molecule has 0 amide bonds. The second-order valence-corrected chi connectivity index (χ2v) is 8.80. The molecule has 150 valence electrons. The Morgan fingerprint density at radius 1 is 1.03 bits per heavy atom. The molecule has 6 nitrogen and oxygen atoms in total. The fourth-order valence-corrected chi connectivity index (χ4v) is 5.39. The highest BCUT2D eigenvalue weighted by atomic mass is 32.1. The summed E-state index contributed by atoms with van der Waals surface area (Å²) in [5, 5.41) is 13.9. The Morgan fingerprint density at radius 3 is 2.73 bits per heavy atom. The van der Waals surface area contributed by atoms with Crippen molar-refractivity contribution >= 4 is 38.8 Å². The van der Waals surface area contributed by atoms with Gasteiger partial charge in [0.25, 0.3) is 0 Å². The smallest absolute Gasteiger partial charge is 0.346 e. The van der Waals surface area contributed by atoms with Crippen molar-refractivity contribution in [3.05, 3.63) is 64.0 Å². The van der Waals surface area contributed by atoms with E-state index in [9.17, 15) is 4.79 Å². The summed E-state index contributed by atoms with van der Waals surface area (Å²) in [6.45, 7) is 2.19. The Labute approximate surface area is 177 Å². The molecule has 2 aromatic heterocycles. The number of aromatic nitrogens is 2. The molecule has 4 heterocycles. The van der Waals surface area contributed by atoms with E-state index in [1.165, 1.54) is 34.6 Å². The number of nitrogens with one attached hydrogen (secondary N) is 1. The van der Waals surface area contributed by atoms with Crippen molar-refractivity contribution in [1.29, 1.82) is 0 Å². The Balaban J connectivity index is 1.43.